The third kappa shape index (κ3) is 17.0. The molecule has 0 fully saturated rings. The van der Waals surface area contributed by atoms with Crippen LogP contribution in [0.25, 0.3) is 0 Å². The molecule has 10 N–H and O–H groups in total. The Labute approximate surface area is 377 Å². The lowest BCUT2D eigenvalue weighted by atomic mass is 9.97. The number of carbonyl (C=O) groups excluding carboxylic acids is 7. The molecule has 2 rings (SSSR count). The summed E-state index contributed by atoms with van der Waals surface area (Å²) in [4.78, 5) is 111. The summed E-state index contributed by atoms with van der Waals surface area (Å²) in [6.45, 7) is 9.21. The highest BCUT2D eigenvalue weighted by Gasteiger charge is 2.39. The molecule has 0 unspecified atom stereocenters. The molecule has 0 aromatic heterocycles. The second kappa shape index (κ2) is 26.7. The van der Waals surface area contributed by atoms with E-state index in [9.17, 15) is 38.4 Å². The minimum atomic E-state index is -1.31. The van der Waals surface area contributed by atoms with Crippen LogP contribution in [0.4, 0.5) is 0 Å². The Morgan fingerprint density at radius 3 is 1.64 bits per heavy atom. The van der Waals surface area contributed by atoms with Gasteiger partial charge in [-0.1, -0.05) is 94.8 Å². The van der Waals surface area contributed by atoms with Gasteiger partial charge in [-0.2, -0.15) is 0 Å². The van der Waals surface area contributed by atoms with Crippen molar-refractivity contribution >= 4 is 47.3 Å². The number of nitrogens with one attached hydrogen (secondary N) is 3. The molecule has 0 spiro atoms. The largest absolute Gasteiger partial charge is 0.481 e. The highest BCUT2D eigenvalue weighted by Crippen LogP contribution is 2.18. The van der Waals surface area contributed by atoms with Gasteiger partial charge in [0.05, 0.1) is 6.04 Å². The van der Waals surface area contributed by atoms with Crippen LogP contribution in [-0.2, 0) is 51.2 Å². The second-order valence-electron chi connectivity index (χ2n) is 17.1. The molecule has 0 bridgehead atoms. The van der Waals surface area contributed by atoms with E-state index in [0.717, 1.165) is 4.90 Å². The maximum atomic E-state index is 14.6. The predicted octanol–water partition coefficient (Wildman–Crippen LogP) is 0.936. The number of hydrogen-bond donors (Lipinski definition) is 7. The Morgan fingerprint density at radius 2 is 1.14 bits per heavy atom. The molecular weight excluding hydrogens is 823 g/mol. The van der Waals surface area contributed by atoms with Crippen LogP contribution in [0.3, 0.4) is 0 Å². The van der Waals surface area contributed by atoms with E-state index in [-0.39, 0.29) is 25.2 Å². The van der Waals surface area contributed by atoms with Gasteiger partial charge in [0.1, 0.15) is 36.3 Å². The first-order valence-corrected chi connectivity index (χ1v) is 21.9. The summed E-state index contributed by atoms with van der Waals surface area (Å²) in [6.07, 6.45) is 1.36. The van der Waals surface area contributed by atoms with Gasteiger partial charge in [0.25, 0.3) is 0 Å². The van der Waals surface area contributed by atoms with Crippen molar-refractivity contribution in [3.8, 4) is 0 Å². The number of nitrogens with zero attached hydrogens (tertiary/aromatic N) is 3. The zero-order chi connectivity index (χ0) is 48.3. The van der Waals surface area contributed by atoms with Crippen LogP contribution in [0.2, 0.25) is 0 Å². The van der Waals surface area contributed by atoms with Crippen LogP contribution in [0.5, 0.6) is 0 Å². The number of unbranched alkanes of at least 4 members (excludes halogenated alkanes) is 1. The number of benzene rings is 2. The van der Waals surface area contributed by atoms with Gasteiger partial charge in [0, 0.05) is 40.4 Å². The van der Waals surface area contributed by atoms with Crippen molar-refractivity contribution in [1.29, 1.82) is 0 Å². The molecule has 0 aliphatic carbocycles. The van der Waals surface area contributed by atoms with Gasteiger partial charge < -0.3 is 53.0 Å². The maximum Gasteiger partial charge on any atom is 0.303 e. The Balaban J connectivity index is 2.50. The number of primary amides is 1. The van der Waals surface area contributed by atoms with E-state index in [1.807, 2.05) is 13.8 Å². The molecular formula is C46H71N9O9. The van der Waals surface area contributed by atoms with Gasteiger partial charge in [-0.3, -0.25) is 38.4 Å². The molecule has 0 heterocycles. The maximum absolute atomic E-state index is 14.6. The molecule has 18 heteroatoms. The number of carbonyl (C=O) groups is 8. The van der Waals surface area contributed by atoms with Crippen LogP contribution < -0.4 is 33.2 Å². The van der Waals surface area contributed by atoms with Gasteiger partial charge in [-0.15, -0.1) is 0 Å². The minimum Gasteiger partial charge on any atom is -0.481 e. The van der Waals surface area contributed by atoms with Crippen molar-refractivity contribution in [2.45, 2.75) is 128 Å². The molecule has 7 atom stereocenters. The number of carboxylic acids is 1. The lowest BCUT2D eigenvalue weighted by Crippen LogP contribution is -2.61. The fourth-order valence-corrected chi connectivity index (χ4v) is 7.09. The summed E-state index contributed by atoms with van der Waals surface area (Å²) in [5, 5.41) is 17.2. The molecule has 2 aromatic carbocycles. The summed E-state index contributed by atoms with van der Waals surface area (Å²) in [6, 6.07) is 9.92. The van der Waals surface area contributed by atoms with Gasteiger partial charge in [0.2, 0.25) is 41.4 Å². The number of carboxylic acid groups (broad SMARTS) is 1. The van der Waals surface area contributed by atoms with Crippen molar-refractivity contribution in [3.63, 3.8) is 0 Å². The van der Waals surface area contributed by atoms with Crippen LogP contribution >= 0.6 is 0 Å². The number of nitrogens with two attached hydrogens (primary N) is 3. The number of amides is 7. The molecule has 7 amide bonds. The molecule has 0 saturated heterocycles. The minimum absolute atomic E-state index is 0.00637. The molecule has 0 aliphatic rings. The molecule has 0 radical (unpaired) electrons. The van der Waals surface area contributed by atoms with E-state index < -0.39 is 102 Å². The van der Waals surface area contributed by atoms with Crippen molar-refractivity contribution in [1.82, 2.24) is 30.7 Å². The van der Waals surface area contributed by atoms with Crippen molar-refractivity contribution < 1.29 is 43.5 Å². The Hall–Kier alpha value is -5.88. The molecule has 2 aromatic rings. The summed E-state index contributed by atoms with van der Waals surface area (Å²) in [5.41, 5.74) is 18.7. The van der Waals surface area contributed by atoms with E-state index in [0.29, 0.717) is 43.4 Å². The van der Waals surface area contributed by atoms with Gasteiger partial charge in [-0.05, 0) is 62.1 Å². The third-order valence-electron chi connectivity index (χ3n) is 11.2. The molecule has 64 heavy (non-hydrogen) atoms. The Bertz CT molecular complexity index is 1860. The number of likely N-dealkylation sites (N-methyl/N-ethyl adjacent to an activating group) is 3. The fourth-order valence-electron chi connectivity index (χ4n) is 7.09. The second-order valence-corrected chi connectivity index (χ2v) is 17.1. The zero-order valence-corrected chi connectivity index (χ0v) is 38.6. The Morgan fingerprint density at radius 1 is 0.625 bits per heavy atom. The summed E-state index contributed by atoms with van der Waals surface area (Å²) >= 11 is 0. The number of rotatable bonds is 27. The van der Waals surface area contributed by atoms with Crippen LogP contribution in [0.15, 0.2) is 60.7 Å². The van der Waals surface area contributed by atoms with Gasteiger partial charge in [-0.25, -0.2) is 0 Å². The monoisotopic (exact) mass is 894 g/mol. The fraction of sp³-hybridized carbons (Fsp3) is 0.565. The molecule has 18 nitrogen and oxygen atoms in total. The SMILES string of the molecule is CC(C)C[C@@H](C(=O)N[C@H](C(=O)N(C)[C@@H](Cc1ccccc1)C(=O)N[C@@H](Cc1ccccc1)C(=O)N(C)[C@@H](C)C(=O)N[C@@H](CCC(=O)O)C(N)=O)C(C)C)N(C)C(=O)[C@@H](N)CCCCN. The molecule has 354 valence electrons. The summed E-state index contributed by atoms with van der Waals surface area (Å²) in [5.74, 6) is -6.30. The van der Waals surface area contributed by atoms with Gasteiger partial charge >= 0.3 is 5.97 Å². The zero-order valence-electron chi connectivity index (χ0n) is 38.6. The highest BCUT2D eigenvalue weighted by molar-refractivity contribution is 5.97. The standard InChI is InChI=1S/C46H71N9O9/c1-28(2)25-36(54(7)44(62)33(48)21-15-16-24-47)43(61)52-39(29(3)4)46(64)55(8)37(27-32-19-13-10-14-20-32)42(60)51-35(26-31-17-11-9-12-18-31)45(63)53(6)30(5)41(59)50-34(40(49)58)22-23-38(56)57/h9-14,17-20,28-30,33-37,39H,15-16,21-27,47-48H2,1-8H3,(H2,49,58)(H,50,59)(H,51,60)(H,52,61)(H,56,57)/t30-,33-,34-,35-,36-,37-,39-/m0/s1. The smallest absolute Gasteiger partial charge is 0.303 e. The van der Waals surface area contributed by atoms with E-state index >= 15 is 0 Å². The lowest BCUT2D eigenvalue weighted by molar-refractivity contribution is -0.146. The van der Waals surface area contributed by atoms with Crippen LogP contribution in [-0.4, -0.2) is 137 Å². The first-order chi connectivity index (χ1) is 30.1. The normalized spacial score (nSPS) is 14.5. The van der Waals surface area contributed by atoms with Crippen molar-refractivity contribution in [3.05, 3.63) is 71.8 Å². The molecule has 0 saturated carbocycles. The van der Waals surface area contributed by atoms with E-state index in [4.69, 9.17) is 22.3 Å². The summed E-state index contributed by atoms with van der Waals surface area (Å²) < 4.78 is 0. The van der Waals surface area contributed by atoms with E-state index in [2.05, 4.69) is 16.0 Å². The average Bonchev–Trinajstić information content (AvgIpc) is 3.26. The highest BCUT2D eigenvalue weighted by atomic mass is 16.4. The van der Waals surface area contributed by atoms with Crippen molar-refractivity contribution in [2.75, 3.05) is 27.7 Å². The molecule has 0 aliphatic heterocycles. The first kappa shape index (κ1) is 54.3. The Kier molecular flexibility index (Phi) is 22.6. The summed E-state index contributed by atoms with van der Waals surface area (Å²) in [7, 11) is 4.33. The van der Waals surface area contributed by atoms with E-state index in [1.54, 1.807) is 74.5 Å². The lowest BCUT2D eigenvalue weighted by Gasteiger charge is -2.36. The average molecular weight is 894 g/mol. The van der Waals surface area contributed by atoms with Crippen LogP contribution in [0.1, 0.15) is 84.3 Å². The number of aliphatic carboxylic acids is 1. The van der Waals surface area contributed by atoms with Crippen LogP contribution in [0, 0.1) is 11.8 Å². The third-order valence-corrected chi connectivity index (χ3v) is 11.2. The number of hydrogen-bond acceptors (Lipinski definition) is 10. The van der Waals surface area contributed by atoms with Crippen molar-refractivity contribution in [2.24, 2.45) is 29.0 Å². The quantitative estimate of drug-likeness (QED) is 0.0620. The topological polar surface area (TPSA) is 281 Å². The van der Waals surface area contributed by atoms with E-state index in [1.165, 1.54) is 37.9 Å². The van der Waals surface area contributed by atoms with Gasteiger partial charge in [0.15, 0.2) is 0 Å². The first-order valence-electron chi connectivity index (χ1n) is 21.9. The predicted molar refractivity (Wildman–Crippen MR) is 243 cm³/mol.